The molecule has 0 aliphatic heterocycles. The number of nitrogens with zero attached hydrogens (tertiary/aromatic N) is 2. The molecule has 0 spiro atoms. The molecule has 3 rings (SSSR count). The predicted molar refractivity (Wildman–Crippen MR) is 184 cm³/mol. The normalized spacial score (nSPS) is 13.5. The Labute approximate surface area is 274 Å². The molecule has 1 amide bonds. The van der Waals surface area contributed by atoms with Gasteiger partial charge in [-0.1, -0.05) is 56.6 Å². The standard InChI is InChI=1S/C35H48ClN3O5Si/c1-24(21-38-28-16-12-13-25(20-28)30-22-37-18-17-29(30)32(40)42-8)39(33(41)43-34(2,3)4)23-31(26-14-11-15-27(36)19-26)44-45(9,10)35(5,6)7/h11-20,22,24,31,38H,21,23H2,1-10H3. The van der Waals surface area contributed by atoms with Crippen molar-refractivity contribution in [3.05, 3.63) is 83.1 Å². The van der Waals surface area contributed by atoms with Gasteiger partial charge in [0.2, 0.25) is 0 Å². The highest BCUT2D eigenvalue weighted by Crippen LogP contribution is 2.40. The second kappa shape index (κ2) is 14.8. The van der Waals surface area contributed by atoms with Crippen LogP contribution in [0.4, 0.5) is 10.5 Å². The van der Waals surface area contributed by atoms with Gasteiger partial charge in [0.25, 0.3) is 0 Å². The third kappa shape index (κ3) is 10.0. The molecule has 8 nitrogen and oxygen atoms in total. The Morgan fingerprint density at radius 1 is 1.02 bits per heavy atom. The van der Waals surface area contributed by atoms with Crippen LogP contribution in [-0.4, -0.2) is 62.1 Å². The number of hydrogen-bond acceptors (Lipinski definition) is 7. The largest absolute Gasteiger partial charge is 0.465 e. The van der Waals surface area contributed by atoms with E-state index in [9.17, 15) is 9.59 Å². The molecule has 1 aromatic heterocycles. The summed E-state index contributed by atoms with van der Waals surface area (Å²) in [6, 6.07) is 16.7. The number of rotatable bonds is 11. The molecule has 2 aromatic carbocycles. The van der Waals surface area contributed by atoms with Gasteiger partial charge >= 0.3 is 12.1 Å². The summed E-state index contributed by atoms with van der Waals surface area (Å²) in [4.78, 5) is 32.0. The molecule has 0 fully saturated rings. The van der Waals surface area contributed by atoms with Gasteiger partial charge in [0.05, 0.1) is 25.3 Å². The van der Waals surface area contributed by atoms with E-state index in [1.165, 1.54) is 7.11 Å². The Balaban J connectivity index is 1.92. The highest BCUT2D eigenvalue weighted by molar-refractivity contribution is 6.74. The number of methoxy groups -OCH3 is 1. The number of hydrogen-bond donors (Lipinski definition) is 1. The molecule has 244 valence electrons. The van der Waals surface area contributed by atoms with E-state index in [2.05, 4.69) is 44.2 Å². The first-order valence-corrected chi connectivity index (χ1v) is 18.5. The summed E-state index contributed by atoms with van der Waals surface area (Å²) in [6.07, 6.45) is 2.38. The molecule has 0 aliphatic carbocycles. The summed E-state index contributed by atoms with van der Waals surface area (Å²) in [6.45, 7) is 19.3. The first-order chi connectivity index (χ1) is 20.9. The summed E-state index contributed by atoms with van der Waals surface area (Å²) < 4.78 is 17.8. The summed E-state index contributed by atoms with van der Waals surface area (Å²) in [5, 5.41) is 4.04. The van der Waals surface area contributed by atoms with E-state index in [1.807, 2.05) is 76.2 Å². The molecule has 1 heterocycles. The van der Waals surface area contributed by atoms with E-state index in [0.717, 1.165) is 16.8 Å². The van der Waals surface area contributed by atoms with Crippen molar-refractivity contribution in [3.63, 3.8) is 0 Å². The van der Waals surface area contributed by atoms with E-state index in [-0.39, 0.29) is 17.6 Å². The van der Waals surface area contributed by atoms with Crippen molar-refractivity contribution >= 4 is 37.7 Å². The van der Waals surface area contributed by atoms with Crippen LogP contribution in [0, 0.1) is 0 Å². The minimum atomic E-state index is -2.25. The quantitative estimate of drug-likeness (QED) is 0.163. The Hall–Kier alpha value is -3.40. The van der Waals surface area contributed by atoms with E-state index >= 15 is 0 Å². The van der Waals surface area contributed by atoms with Gasteiger partial charge < -0.3 is 24.1 Å². The minimum absolute atomic E-state index is 0.0409. The maximum atomic E-state index is 13.7. The lowest BCUT2D eigenvalue weighted by molar-refractivity contribution is 0.00798. The molecule has 2 atom stereocenters. The lowest BCUT2D eigenvalue weighted by atomic mass is 10.0. The van der Waals surface area contributed by atoms with Gasteiger partial charge in [0.15, 0.2) is 8.32 Å². The summed E-state index contributed by atoms with van der Waals surface area (Å²) in [7, 11) is -0.894. The summed E-state index contributed by atoms with van der Waals surface area (Å²) in [5.74, 6) is -0.429. The fraction of sp³-hybridized carbons (Fsp3) is 0.457. The Kier molecular flexibility index (Phi) is 11.9. The predicted octanol–water partition coefficient (Wildman–Crippen LogP) is 8.99. The van der Waals surface area contributed by atoms with Crippen LogP contribution in [0.3, 0.4) is 0 Å². The molecule has 0 bridgehead atoms. The zero-order valence-electron chi connectivity index (χ0n) is 28.2. The molecule has 0 aliphatic rings. The van der Waals surface area contributed by atoms with Gasteiger partial charge in [-0.25, -0.2) is 9.59 Å². The number of aromatic nitrogens is 1. The van der Waals surface area contributed by atoms with Crippen LogP contribution < -0.4 is 5.32 Å². The number of carbonyl (C=O) groups excluding carboxylic acids is 2. The van der Waals surface area contributed by atoms with Crippen LogP contribution in [-0.2, 0) is 13.9 Å². The number of anilines is 1. The SMILES string of the molecule is COC(=O)c1ccncc1-c1cccc(NCC(C)N(CC(O[Si](C)(C)C(C)(C)C)c2cccc(Cl)c2)C(=O)OC(C)(C)C)c1. The molecule has 2 unspecified atom stereocenters. The first-order valence-electron chi connectivity index (χ1n) is 15.2. The average molecular weight is 654 g/mol. The van der Waals surface area contributed by atoms with E-state index in [1.54, 1.807) is 23.4 Å². The Morgan fingerprint density at radius 3 is 2.33 bits per heavy atom. The Morgan fingerprint density at radius 2 is 1.71 bits per heavy atom. The number of ether oxygens (including phenoxy) is 2. The van der Waals surface area contributed by atoms with Crippen molar-refractivity contribution in [1.29, 1.82) is 0 Å². The smallest absolute Gasteiger partial charge is 0.410 e. The summed E-state index contributed by atoms with van der Waals surface area (Å²) >= 11 is 6.42. The second-order valence-electron chi connectivity index (χ2n) is 13.8. The van der Waals surface area contributed by atoms with Gasteiger partial charge in [-0.15, -0.1) is 0 Å². The van der Waals surface area contributed by atoms with Crippen molar-refractivity contribution in [2.45, 2.75) is 84.3 Å². The zero-order chi connectivity index (χ0) is 33.6. The highest BCUT2D eigenvalue weighted by atomic mass is 35.5. The second-order valence-corrected chi connectivity index (χ2v) is 19.0. The number of nitrogens with one attached hydrogen (secondary N) is 1. The van der Waals surface area contributed by atoms with Crippen LogP contribution in [0.1, 0.15) is 70.5 Å². The molecule has 10 heteroatoms. The van der Waals surface area contributed by atoms with Crippen LogP contribution >= 0.6 is 11.6 Å². The van der Waals surface area contributed by atoms with Gasteiger partial charge in [-0.05, 0) is 87.3 Å². The van der Waals surface area contributed by atoms with E-state index in [0.29, 0.717) is 22.7 Å². The maximum absolute atomic E-state index is 13.7. The molecular weight excluding hydrogens is 606 g/mol. The van der Waals surface area contributed by atoms with Crippen LogP contribution in [0.2, 0.25) is 23.2 Å². The zero-order valence-corrected chi connectivity index (χ0v) is 30.0. The fourth-order valence-corrected chi connectivity index (χ4v) is 5.94. The van der Waals surface area contributed by atoms with E-state index in [4.69, 9.17) is 25.5 Å². The van der Waals surface area contributed by atoms with Crippen molar-refractivity contribution in [3.8, 4) is 11.1 Å². The van der Waals surface area contributed by atoms with Crippen LogP contribution in [0.25, 0.3) is 11.1 Å². The van der Waals surface area contributed by atoms with Crippen molar-refractivity contribution in [1.82, 2.24) is 9.88 Å². The van der Waals surface area contributed by atoms with E-state index < -0.39 is 32.1 Å². The molecular formula is C35H48ClN3O5Si. The number of benzene rings is 2. The highest BCUT2D eigenvalue weighted by Gasteiger charge is 2.41. The topological polar surface area (TPSA) is 90.0 Å². The average Bonchev–Trinajstić information content (AvgIpc) is 2.96. The molecule has 0 saturated carbocycles. The third-order valence-corrected chi connectivity index (χ3v) is 12.7. The lowest BCUT2D eigenvalue weighted by Gasteiger charge is -2.41. The fourth-order valence-electron chi connectivity index (χ4n) is 4.47. The maximum Gasteiger partial charge on any atom is 0.410 e. The van der Waals surface area contributed by atoms with Crippen molar-refractivity contribution in [2.75, 3.05) is 25.5 Å². The van der Waals surface area contributed by atoms with Gasteiger partial charge in [0, 0.05) is 41.3 Å². The van der Waals surface area contributed by atoms with Crippen LogP contribution in [0.15, 0.2) is 67.0 Å². The molecule has 3 aromatic rings. The number of esters is 1. The van der Waals surface area contributed by atoms with Crippen molar-refractivity contribution < 1.29 is 23.5 Å². The third-order valence-electron chi connectivity index (χ3n) is 7.99. The van der Waals surface area contributed by atoms with Crippen molar-refractivity contribution in [2.24, 2.45) is 0 Å². The van der Waals surface area contributed by atoms with Gasteiger partial charge in [-0.2, -0.15) is 0 Å². The van der Waals surface area contributed by atoms with Gasteiger partial charge in [0.1, 0.15) is 5.60 Å². The number of carbonyl (C=O) groups is 2. The number of amides is 1. The monoisotopic (exact) mass is 653 g/mol. The lowest BCUT2D eigenvalue weighted by Crippen LogP contribution is -2.49. The first kappa shape index (κ1) is 36.1. The molecule has 0 radical (unpaired) electrons. The minimum Gasteiger partial charge on any atom is -0.465 e. The molecule has 0 saturated heterocycles. The Bertz CT molecular complexity index is 1470. The van der Waals surface area contributed by atoms with Gasteiger partial charge in [-0.3, -0.25) is 4.98 Å². The van der Waals surface area contributed by atoms with Crippen LogP contribution in [0.5, 0.6) is 0 Å². The summed E-state index contributed by atoms with van der Waals surface area (Å²) in [5.41, 5.74) is 2.98. The molecule has 1 N–H and O–H groups in total. The number of halogens is 1. The molecule has 45 heavy (non-hydrogen) atoms. The number of pyridine rings is 1.